The molecule has 0 aliphatic heterocycles. The second-order valence-corrected chi connectivity index (χ2v) is 5.15. The lowest BCUT2D eigenvalue weighted by molar-refractivity contribution is 0.488. The van der Waals surface area contributed by atoms with Gasteiger partial charge in [0.15, 0.2) is 0 Å². The number of nitrogens with two attached hydrogens (primary N) is 1. The Morgan fingerprint density at radius 2 is 1.79 bits per heavy atom. The van der Waals surface area contributed by atoms with Crippen molar-refractivity contribution in [1.29, 1.82) is 0 Å². The monoisotopic (exact) mass is 319 g/mol. The van der Waals surface area contributed by atoms with E-state index in [0.29, 0.717) is 11.1 Å². The van der Waals surface area contributed by atoms with Crippen molar-refractivity contribution in [2.75, 3.05) is 0 Å². The summed E-state index contributed by atoms with van der Waals surface area (Å²) in [6.07, 6.45) is 1.57. The van der Waals surface area contributed by atoms with Crippen molar-refractivity contribution in [3.05, 3.63) is 70.3 Å². The van der Waals surface area contributed by atoms with Crippen molar-refractivity contribution in [3.8, 4) is 0 Å². The molecule has 4 heteroatoms. The Morgan fingerprint density at radius 1 is 1.05 bits per heavy atom. The quantitative estimate of drug-likeness (QED) is 0.761. The minimum absolute atomic E-state index is 0.245. The van der Waals surface area contributed by atoms with Crippen LogP contribution in [0, 0.1) is 5.82 Å². The van der Waals surface area contributed by atoms with E-state index in [1.165, 1.54) is 6.07 Å². The Labute approximate surface area is 118 Å². The Balaban J connectivity index is 2.21. The van der Waals surface area contributed by atoms with Gasteiger partial charge in [-0.25, -0.2) is 4.39 Å². The van der Waals surface area contributed by atoms with Crippen LogP contribution < -0.4 is 5.73 Å². The third-order valence-electron chi connectivity index (χ3n) is 3.17. The van der Waals surface area contributed by atoms with Crippen LogP contribution in [0.4, 0.5) is 4.39 Å². The first kappa shape index (κ1) is 12.4. The van der Waals surface area contributed by atoms with Crippen molar-refractivity contribution < 1.29 is 8.81 Å². The normalized spacial score (nSPS) is 12.8. The fourth-order valence-electron chi connectivity index (χ4n) is 2.23. The highest BCUT2D eigenvalue weighted by Crippen LogP contribution is 2.32. The summed E-state index contributed by atoms with van der Waals surface area (Å²) in [5, 5.41) is 1.37. The first-order chi connectivity index (χ1) is 9.18. The molecule has 1 aromatic heterocycles. The summed E-state index contributed by atoms with van der Waals surface area (Å²) in [7, 11) is 0. The van der Waals surface area contributed by atoms with Crippen LogP contribution in [0.15, 0.2) is 57.6 Å². The van der Waals surface area contributed by atoms with Crippen LogP contribution in [-0.2, 0) is 0 Å². The maximum Gasteiger partial charge on any atom is 0.139 e. The first-order valence-electron chi connectivity index (χ1n) is 5.84. The molecule has 2 N–H and O–H groups in total. The Hall–Kier alpha value is -1.65. The van der Waals surface area contributed by atoms with Crippen molar-refractivity contribution in [2.24, 2.45) is 5.73 Å². The van der Waals surface area contributed by atoms with Crippen molar-refractivity contribution >= 4 is 26.7 Å². The first-order valence-corrected chi connectivity index (χ1v) is 6.63. The molecule has 3 aromatic rings. The highest BCUT2D eigenvalue weighted by atomic mass is 79.9. The third kappa shape index (κ3) is 2.07. The molecular formula is C15H11BrFNO. The molecule has 0 spiro atoms. The number of halogens is 2. The maximum absolute atomic E-state index is 13.8. The molecule has 0 saturated carbocycles. The minimum atomic E-state index is -0.435. The SMILES string of the molecule is NC(c1occc1Br)c1ccc(F)c2ccccc12. The van der Waals surface area contributed by atoms with Gasteiger partial charge in [0.2, 0.25) is 0 Å². The van der Waals surface area contributed by atoms with Crippen LogP contribution in [-0.4, -0.2) is 0 Å². The van der Waals surface area contributed by atoms with E-state index in [2.05, 4.69) is 15.9 Å². The number of hydrogen-bond donors (Lipinski definition) is 1. The van der Waals surface area contributed by atoms with Crippen LogP contribution in [0.3, 0.4) is 0 Å². The minimum Gasteiger partial charge on any atom is -0.466 e. The zero-order valence-corrected chi connectivity index (χ0v) is 11.5. The van der Waals surface area contributed by atoms with E-state index in [1.807, 2.05) is 18.2 Å². The van der Waals surface area contributed by atoms with Crippen molar-refractivity contribution in [2.45, 2.75) is 6.04 Å². The summed E-state index contributed by atoms with van der Waals surface area (Å²) in [5.74, 6) is 0.391. The number of furan rings is 1. The molecule has 0 saturated heterocycles. The largest absolute Gasteiger partial charge is 0.466 e. The summed E-state index contributed by atoms with van der Waals surface area (Å²) < 4.78 is 20.0. The molecule has 0 aliphatic rings. The van der Waals surface area contributed by atoms with Gasteiger partial charge in [0.1, 0.15) is 11.6 Å². The van der Waals surface area contributed by atoms with E-state index >= 15 is 0 Å². The average molecular weight is 320 g/mol. The van der Waals surface area contributed by atoms with Gasteiger partial charge in [-0.1, -0.05) is 30.3 Å². The van der Waals surface area contributed by atoms with Gasteiger partial charge in [0.25, 0.3) is 0 Å². The van der Waals surface area contributed by atoms with Gasteiger partial charge < -0.3 is 10.2 Å². The molecule has 96 valence electrons. The Morgan fingerprint density at radius 3 is 2.47 bits per heavy atom. The molecule has 1 unspecified atom stereocenters. The van der Waals surface area contributed by atoms with Crippen LogP contribution in [0.5, 0.6) is 0 Å². The summed E-state index contributed by atoms with van der Waals surface area (Å²) in [6.45, 7) is 0. The summed E-state index contributed by atoms with van der Waals surface area (Å²) in [5.41, 5.74) is 7.07. The van der Waals surface area contributed by atoms with E-state index in [1.54, 1.807) is 24.5 Å². The van der Waals surface area contributed by atoms with Gasteiger partial charge in [0, 0.05) is 5.39 Å². The summed E-state index contributed by atoms with van der Waals surface area (Å²) in [4.78, 5) is 0. The lowest BCUT2D eigenvalue weighted by Crippen LogP contribution is -2.12. The van der Waals surface area contributed by atoms with Crippen molar-refractivity contribution in [3.63, 3.8) is 0 Å². The van der Waals surface area contributed by atoms with Crippen LogP contribution in [0.2, 0.25) is 0 Å². The van der Waals surface area contributed by atoms with Crippen molar-refractivity contribution in [1.82, 2.24) is 0 Å². The molecule has 0 bridgehead atoms. The molecule has 0 fully saturated rings. The molecule has 0 amide bonds. The third-order valence-corrected chi connectivity index (χ3v) is 3.82. The molecule has 2 aromatic carbocycles. The molecule has 2 nitrogen and oxygen atoms in total. The predicted octanol–water partition coefficient (Wildman–Crippen LogP) is 4.38. The van der Waals surface area contributed by atoms with Gasteiger partial charge in [-0.15, -0.1) is 0 Å². The number of benzene rings is 2. The van der Waals surface area contributed by atoms with Crippen LogP contribution >= 0.6 is 15.9 Å². The molecule has 0 aliphatic carbocycles. The highest BCUT2D eigenvalue weighted by molar-refractivity contribution is 9.10. The van der Waals surface area contributed by atoms with Gasteiger partial charge in [-0.3, -0.25) is 0 Å². The van der Waals surface area contributed by atoms with E-state index < -0.39 is 6.04 Å². The molecule has 1 heterocycles. The predicted molar refractivity (Wildman–Crippen MR) is 76.3 cm³/mol. The zero-order chi connectivity index (χ0) is 13.4. The van der Waals surface area contributed by atoms with Crippen LogP contribution in [0.25, 0.3) is 10.8 Å². The zero-order valence-electron chi connectivity index (χ0n) is 9.94. The van der Waals surface area contributed by atoms with Gasteiger partial charge in [-0.05, 0) is 39.0 Å². The number of fused-ring (bicyclic) bond motifs is 1. The van der Waals surface area contributed by atoms with E-state index in [0.717, 1.165) is 15.4 Å². The average Bonchev–Trinajstić information content (AvgIpc) is 2.85. The molecule has 19 heavy (non-hydrogen) atoms. The number of rotatable bonds is 2. The van der Waals surface area contributed by atoms with Gasteiger partial charge in [-0.2, -0.15) is 0 Å². The lowest BCUT2D eigenvalue weighted by atomic mass is 9.97. The van der Waals surface area contributed by atoms with E-state index in [4.69, 9.17) is 10.2 Å². The topological polar surface area (TPSA) is 39.2 Å². The lowest BCUT2D eigenvalue weighted by Gasteiger charge is -2.13. The maximum atomic E-state index is 13.8. The van der Waals surface area contributed by atoms with Crippen LogP contribution in [0.1, 0.15) is 17.4 Å². The van der Waals surface area contributed by atoms with E-state index in [-0.39, 0.29) is 5.82 Å². The Bertz CT molecular complexity index is 738. The summed E-state index contributed by atoms with van der Waals surface area (Å²) >= 11 is 3.39. The Kier molecular flexibility index (Phi) is 3.12. The fraction of sp³-hybridized carbons (Fsp3) is 0.0667. The molecule has 0 radical (unpaired) electrons. The molecular weight excluding hydrogens is 309 g/mol. The second kappa shape index (κ2) is 4.79. The fourth-order valence-corrected chi connectivity index (χ4v) is 2.67. The van der Waals surface area contributed by atoms with E-state index in [9.17, 15) is 4.39 Å². The molecule has 3 rings (SSSR count). The second-order valence-electron chi connectivity index (χ2n) is 4.29. The smallest absolute Gasteiger partial charge is 0.139 e. The summed E-state index contributed by atoms with van der Waals surface area (Å²) in [6, 6.07) is 11.8. The molecule has 1 atom stereocenters. The number of hydrogen-bond acceptors (Lipinski definition) is 2. The standard InChI is InChI=1S/C15H11BrFNO/c16-12-7-8-19-15(12)14(18)11-5-6-13(17)10-4-2-1-3-9(10)11/h1-8,14H,18H2. The highest BCUT2D eigenvalue weighted by Gasteiger charge is 2.18. The van der Waals surface area contributed by atoms with Gasteiger partial charge >= 0.3 is 0 Å². The van der Waals surface area contributed by atoms with Gasteiger partial charge in [0.05, 0.1) is 16.8 Å².